The van der Waals surface area contributed by atoms with Crippen LogP contribution in [0, 0.1) is 0 Å². The van der Waals surface area contributed by atoms with Crippen LogP contribution < -0.4 is 0 Å². The lowest BCUT2D eigenvalue weighted by molar-refractivity contribution is 0.660. The van der Waals surface area contributed by atoms with Crippen molar-refractivity contribution in [2.75, 3.05) is 0 Å². The molecule has 0 N–H and O–H groups in total. The first-order valence-electron chi connectivity index (χ1n) is 24.3. The second kappa shape index (κ2) is 14.5. The van der Waals surface area contributed by atoms with Crippen molar-refractivity contribution in [3.63, 3.8) is 0 Å². The van der Waals surface area contributed by atoms with Gasteiger partial charge in [0, 0.05) is 58.7 Å². The number of hydrogen-bond donors (Lipinski definition) is 0. The highest BCUT2D eigenvalue weighted by Gasteiger charge is 2.35. The van der Waals surface area contributed by atoms with Crippen LogP contribution in [0.4, 0.5) is 0 Å². The summed E-state index contributed by atoms with van der Waals surface area (Å²) in [6, 6.07) is 59.5. The minimum absolute atomic E-state index is 0.00464. The molecule has 0 fully saturated rings. The monoisotopic (exact) mass is 853 g/mol. The van der Waals surface area contributed by atoms with Crippen LogP contribution in [-0.4, -0.2) is 19.5 Å². The van der Waals surface area contributed by atoms with Crippen LogP contribution in [0.2, 0.25) is 0 Å². The van der Waals surface area contributed by atoms with Crippen molar-refractivity contribution >= 4 is 53.3 Å². The first-order valence-corrected chi connectivity index (χ1v) is 22.6. The molecule has 1 aliphatic rings. The standard InChI is InChI=1S/C60H40N4S/c1-60(2)50-27-12-9-23-44(50)45-32-31-41(34-51(45)60)58-61-57(38-19-7-4-8-20-38)62-59(63-58)49-36-42(64-52-28-13-10-24-46(52)47-25-11-14-29-53(47)64)35-48-55-43(26-16-30-54(55)65-56(48)49)40-22-15-21-39(33-40)37-17-5-3-6-18-37/h3-36H,1-2H3/i4D,7D,8D,19D,20D. The number of para-hydroxylation sites is 2. The number of thiophene rings is 1. The molecule has 0 aliphatic heterocycles. The molecule has 0 saturated carbocycles. The molecule has 306 valence electrons. The van der Waals surface area contributed by atoms with Gasteiger partial charge in [0.2, 0.25) is 0 Å². The van der Waals surface area contributed by atoms with Gasteiger partial charge >= 0.3 is 0 Å². The predicted molar refractivity (Wildman–Crippen MR) is 272 cm³/mol. The minimum atomic E-state index is -0.482. The number of hydrogen-bond acceptors (Lipinski definition) is 4. The van der Waals surface area contributed by atoms with Crippen molar-refractivity contribution in [1.29, 1.82) is 0 Å². The Bertz CT molecular complexity index is 4090. The van der Waals surface area contributed by atoms with Crippen molar-refractivity contribution in [3.05, 3.63) is 217 Å². The van der Waals surface area contributed by atoms with E-state index >= 15 is 0 Å². The zero-order chi connectivity index (χ0) is 47.6. The highest BCUT2D eigenvalue weighted by molar-refractivity contribution is 7.26. The Balaban J connectivity index is 1.13. The number of benzene rings is 9. The molecule has 4 nitrogen and oxygen atoms in total. The summed E-state index contributed by atoms with van der Waals surface area (Å²) in [5.41, 5.74) is 13.2. The number of nitrogens with zero attached hydrogens (tertiary/aromatic N) is 4. The van der Waals surface area contributed by atoms with Gasteiger partial charge in [0.15, 0.2) is 17.5 Å². The fourth-order valence-corrected chi connectivity index (χ4v) is 11.3. The number of rotatable bonds is 6. The van der Waals surface area contributed by atoms with E-state index in [1.54, 1.807) is 11.3 Å². The molecule has 1 aliphatic carbocycles. The average Bonchev–Trinajstić information content (AvgIpc) is 4.02. The van der Waals surface area contributed by atoms with Crippen LogP contribution in [0.25, 0.3) is 115 Å². The van der Waals surface area contributed by atoms with E-state index in [0.717, 1.165) is 92.2 Å². The van der Waals surface area contributed by atoms with E-state index in [4.69, 9.17) is 21.8 Å². The van der Waals surface area contributed by atoms with Crippen LogP contribution in [0.15, 0.2) is 206 Å². The smallest absolute Gasteiger partial charge is 0.165 e. The van der Waals surface area contributed by atoms with E-state index < -0.39 is 18.1 Å². The lowest BCUT2D eigenvalue weighted by Gasteiger charge is -2.21. The largest absolute Gasteiger partial charge is 0.309 e. The molecule has 12 aromatic rings. The first-order chi connectivity index (χ1) is 34.0. The zero-order valence-corrected chi connectivity index (χ0v) is 36.3. The van der Waals surface area contributed by atoms with Crippen LogP contribution in [-0.2, 0) is 5.41 Å². The summed E-state index contributed by atoms with van der Waals surface area (Å²) in [5, 5.41) is 4.36. The highest BCUT2D eigenvalue weighted by Crippen LogP contribution is 2.50. The lowest BCUT2D eigenvalue weighted by atomic mass is 9.82. The average molecular weight is 854 g/mol. The Kier molecular flexibility index (Phi) is 7.30. The molecule has 0 atom stereocenters. The third kappa shape index (κ3) is 5.93. The van der Waals surface area contributed by atoms with Crippen molar-refractivity contribution in [2.45, 2.75) is 19.3 Å². The summed E-state index contributed by atoms with van der Waals surface area (Å²) in [5.74, 6) is 0.646. The van der Waals surface area contributed by atoms with E-state index in [0.29, 0.717) is 11.6 Å². The third-order valence-electron chi connectivity index (χ3n) is 13.1. The Labute approximate surface area is 387 Å². The number of fused-ring (bicyclic) bond motifs is 9. The van der Waals surface area contributed by atoms with Gasteiger partial charge in [0.05, 0.1) is 17.9 Å². The van der Waals surface area contributed by atoms with Crippen molar-refractivity contribution in [1.82, 2.24) is 19.5 Å². The van der Waals surface area contributed by atoms with Gasteiger partial charge in [-0.15, -0.1) is 11.3 Å². The fourth-order valence-electron chi connectivity index (χ4n) is 10.1. The minimum Gasteiger partial charge on any atom is -0.309 e. The molecule has 13 rings (SSSR count). The fraction of sp³-hybridized carbons (Fsp3) is 0.0500. The molecular formula is C60H40N4S. The Morgan fingerprint density at radius 2 is 1.08 bits per heavy atom. The maximum absolute atomic E-state index is 9.14. The van der Waals surface area contributed by atoms with Gasteiger partial charge in [-0.2, -0.15) is 0 Å². The highest BCUT2D eigenvalue weighted by atomic mass is 32.1. The van der Waals surface area contributed by atoms with Crippen molar-refractivity contribution < 1.29 is 6.85 Å². The summed E-state index contributed by atoms with van der Waals surface area (Å²) in [6.07, 6.45) is 0. The molecule has 5 heteroatoms. The van der Waals surface area contributed by atoms with Gasteiger partial charge in [-0.1, -0.05) is 178 Å². The van der Waals surface area contributed by atoms with E-state index in [1.165, 1.54) is 11.1 Å². The molecule has 0 saturated heterocycles. The Hall–Kier alpha value is -7.99. The molecule has 65 heavy (non-hydrogen) atoms. The van der Waals surface area contributed by atoms with Gasteiger partial charge in [-0.25, -0.2) is 15.0 Å². The maximum atomic E-state index is 9.14. The van der Waals surface area contributed by atoms with E-state index in [-0.39, 0.29) is 28.9 Å². The van der Waals surface area contributed by atoms with Crippen LogP contribution in [0.1, 0.15) is 31.8 Å². The first kappa shape index (κ1) is 32.7. The lowest BCUT2D eigenvalue weighted by Crippen LogP contribution is -2.15. The number of aromatic nitrogens is 4. The Morgan fingerprint density at radius 3 is 1.88 bits per heavy atom. The van der Waals surface area contributed by atoms with E-state index in [1.807, 2.05) is 12.1 Å². The zero-order valence-electron chi connectivity index (χ0n) is 40.4. The normalized spacial score (nSPS) is 14.0. The van der Waals surface area contributed by atoms with Gasteiger partial charge in [0.1, 0.15) is 0 Å². The van der Waals surface area contributed by atoms with Crippen LogP contribution in [0.3, 0.4) is 0 Å². The van der Waals surface area contributed by atoms with Crippen molar-refractivity contribution in [2.24, 2.45) is 0 Å². The molecular weight excluding hydrogens is 809 g/mol. The summed E-state index contributed by atoms with van der Waals surface area (Å²) in [7, 11) is 0. The second-order valence-electron chi connectivity index (χ2n) is 17.2. The molecule has 0 spiro atoms. The maximum Gasteiger partial charge on any atom is 0.165 e. The molecule has 3 aromatic heterocycles. The quantitative estimate of drug-likeness (QED) is 0.167. The van der Waals surface area contributed by atoms with E-state index in [9.17, 15) is 0 Å². The van der Waals surface area contributed by atoms with Gasteiger partial charge < -0.3 is 4.57 Å². The van der Waals surface area contributed by atoms with E-state index in [2.05, 4.69) is 182 Å². The third-order valence-corrected chi connectivity index (χ3v) is 14.3. The van der Waals surface area contributed by atoms with Gasteiger partial charge in [-0.05, 0) is 87.0 Å². The Morgan fingerprint density at radius 1 is 0.446 bits per heavy atom. The summed E-state index contributed by atoms with van der Waals surface area (Å²) >= 11 is 1.66. The topological polar surface area (TPSA) is 43.6 Å². The summed E-state index contributed by atoms with van der Waals surface area (Å²) < 4.78 is 48.4. The van der Waals surface area contributed by atoms with Gasteiger partial charge in [-0.3, -0.25) is 0 Å². The molecule has 0 unspecified atom stereocenters. The predicted octanol–water partition coefficient (Wildman–Crippen LogP) is 16.0. The molecule has 9 aromatic carbocycles. The molecule has 3 heterocycles. The summed E-state index contributed by atoms with van der Waals surface area (Å²) in [4.78, 5) is 15.6. The summed E-state index contributed by atoms with van der Waals surface area (Å²) in [6.45, 7) is 4.45. The second-order valence-corrected chi connectivity index (χ2v) is 18.3. The van der Waals surface area contributed by atoms with Gasteiger partial charge in [0.25, 0.3) is 0 Å². The van der Waals surface area contributed by atoms with Crippen LogP contribution in [0.5, 0.6) is 0 Å². The SMILES string of the molecule is [2H]c1c([2H])c([2H])c(-c2nc(-c3ccc4c(c3)C(C)(C)c3ccccc3-4)nc(-c3cc(-n4c5ccccc5c5ccccc54)cc4c3sc3cccc(-c5cccc(-c6ccccc6)c5)c34)n2)c([2H])c1[2H]. The van der Waals surface area contributed by atoms with Crippen molar-refractivity contribution in [3.8, 4) is 73.2 Å². The molecule has 0 bridgehead atoms. The van der Waals surface area contributed by atoms with Crippen LogP contribution >= 0.6 is 11.3 Å². The molecule has 0 radical (unpaired) electrons. The molecule has 0 amide bonds.